The van der Waals surface area contributed by atoms with Crippen LogP contribution in [0.3, 0.4) is 0 Å². The van der Waals surface area contributed by atoms with E-state index in [2.05, 4.69) is 20.5 Å². The second kappa shape index (κ2) is 10.7. The Morgan fingerprint density at radius 3 is 2.44 bits per heavy atom. The second-order valence-corrected chi connectivity index (χ2v) is 9.75. The number of carbonyl (C=O) groups is 3. The fourth-order valence-corrected chi connectivity index (χ4v) is 5.10. The molecule has 2 heterocycles. The summed E-state index contributed by atoms with van der Waals surface area (Å²) in [7, 11) is 3.83. The first kappa shape index (κ1) is 23.8. The van der Waals surface area contributed by atoms with E-state index in [0.717, 1.165) is 42.5 Å². The zero-order valence-corrected chi connectivity index (χ0v) is 20.2. The van der Waals surface area contributed by atoms with E-state index in [4.69, 9.17) is 0 Å². The number of carbonyl (C=O) groups excluding carboxylic acids is 3. The highest BCUT2D eigenvalue weighted by Crippen LogP contribution is 2.29. The number of rotatable bonds is 6. The molecular formula is C25H29N5O3S. The van der Waals surface area contributed by atoms with Crippen LogP contribution in [0, 0.1) is 0 Å². The fraction of sp³-hybridized carbons (Fsp3) is 0.360. The summed E-state index contributed by atoms with van der Waals surface area (Å²) in [6.07, 6.45) is 3.48. The highest BCUT2D eigenvalue weighted by molar-refractivity contribution is 8.15. The number of benzene rings is 2. The molecule has 2 N–H and O–H groups in total. The summed E-state index contributed by atoms with van der Waals surface area (Å²) in [5, 5.41) is 6.00. The van der Waals surface area contributed by atoms with Crippen LogP contribution in [0.5, 0.6) is 0 Å². The van der Waals surface area contributed by atoms with Crippen LogP contribution in [-0.4, -0.2) is 60.2 Å². The molecule has 1 unspecified atom stereocenters. The number of amides is 3. The van der Waals surface area contributed by atoms with Crippen molar-refractivity contribution in [2.45, 2.75) is 30.9 Å². The van der Waals surface area contributed by atoms with E-state index >= 15 is 0 Å². The molecule has 9 heteroatoms. The van der Waals surface area contributed by atoms with Crippen LogP contribution in [0.2, 0.25) is 0 Å². The maximum Gasteiger partial charge on any atom is 0.262 e. The van der Waals surface area contributed by atoms with Gasteiger partial charge in [-0.05, 0) is 55.7 Å². The summed E-state index contributed by atoms with van der Waals surface area (Å²) >= 11 is 1.38. The third-order valence-electron chi connectivity index (χ3n) is 5.79. The van der Waals surface area contributed by atoms with Gasteiger partial charge in [-0.25, -0.2) is 0 Å². The van der Waals surface area contributed by atoms with Gasteiger partial charge >= 0.3 is 0 Å². The average molecular weight is 480 g/mol. The van der Waals surface area contributed by atoms with Crippen molar-refractivity contribution < 1.29 is 14.4 Å². The Morgan fingerprint density at radius 1 is 1.03 bits per heavy atom. The topological polar surface area (TPSA) is 94.1 Å². The number of nitrogens with zero attached hydrogens (tertiary/aromatic N) is 3. The van der Waals surface area contributed by atoms with Crippen molar-refractivity contribution >= 4 is 51.7 Å². The Hall–Kier alpha value is -3.33. The lowest BCUT2D eigenvalue weighted by atomic mass is 10.1. The molecule has 8 nitrogen and oxygen atoms in total. The first-order chi connectivity index (χ1) is 16.4. The SMILES string of the molecule is CN(C)c1ccccc1NC(=O)c1ccc(NC(=O)CC2SC(N3CCCCC3)=NC2=O)cc1. The van der Waals surface area contributed by atoms with Crippen molar-refractivity contribution in [2.75, 3.05) is 42.7 Å². The van der Waals surface area contributed by atoms with Gasteiger partial charge in [0.1, 0.15) is 5.25 Å². The molecule has 34 heavy (non-hydrogen) atoms. The van der Waals surface area contributed by atoms with Gasteiger partial charge in [0.25, 0.3) is 11.8 Å². The van der Waals surface area contributed by atoms with Crippen LogP contribution in [0.15, 0.2) is 53.5 Å². The molecule has 2 aromatic rings. The van der Waals surface area contributed by atoms with Gasteiger partial charge in [0.05, 0.1) is 11.4 Å². The number of thioether (sulfide) groups is 1. The van der Waals surface area contributed by atoms with Crippen LogP contribution < -0.4 is 15.5 Å². The Kier molecular flexibility index (Phi) is 7.52. The predicted octanol–water partition coefficient (Wildman–Crippen LogP) is 3.82. The Balaban J connectivity index is 1.30. The van der Waals surface area contributed by atoms with Gasteiger partial charge in [0.15, 0.2) is 5.17 Å². The van der Waals surface area contributed by atoms with Crippen molar-refractivity contribution in [3.8, 4) is 0 Å². The molecule has 1 atom stereocenters. The first-order valence-corrected chi connectivity index (χ1v) is 12.3. The Bertz CT molecular complexity index is 1090. The highest BCUT2D eigenvalue weighted by atomic mass is 32.2. The van der Waals surface area contributed by atoms with Gasteiger partial charge in [-0.1, -0.05) is 23.9 Å². The molecule has 0 spiro atoms. The third-order valence-corrected chi connectivity index (χ3v) is 7.00. The maximum atomic E-state index is 12.7. The summed E-state index contributed by atoms with van der Waals surface area (Å²) in [4.78, 5) is 45.7. The second-order valence-electron chi connectivity index (χ2n) is 8.58. The lowest BCUT2D eigenvalue weighted by Crippen LogP contribution is -2.33. The third kappa shape index (κ3) is 5.77. The maximum absolute atomic E-state index is 12.7. The number of amidine groups is 1. The van der Waals surface area contributed by atoms with E-state index in [0.29, 0.717) is 11.3 Å². The van der Waals surface area contributed by atoms with Crippen molar-refractivity contribution in [3.05, 3.63) is 54.1 Å². The highest BCUT2D eigenvalue weighted by Gasteiger charge is 2.33. The summed E-state index contributed by atoms with van der Waals surface area (Å²) in [5.74, 6) is -0.730. The molecule has 1 fully saturated rings. The van der Waals surface area contributed by atoms with E-state index in [1.54, 1.807) is 24.3 Å². The van der Waals surface area contributed by atoms with Crippen molar-refractivity contribution in [2.24, 2.45) is 4.99 Å². The van der Waals surface area contributed by atoms with E-state index < -0.39 is 5.25 Å². The number of anilines is 3. The zero-order valence-electron chi connectivity index (χ0n) is 19.4. The molecule has 2 aliphatic rings. The summed E-state index contributed by atoms with van der Waals surface area (Å²) < 4.78 is 0. The van der Waals surface area contributed by atoms with Crippen molar-refractivity contribution in [1.82, 2.24) is 4.90 Å². The van der Waals surface area contributed by atoms with E-state index in [1.165, 1.54) is 18.2 Å². The van der Waals surface area contributed by atoms with Crippen molar-refractivity contribution in [3.63, 3.8) is 0 Å². The number of aliphatic imine (C=N–C) groups is 1. The molecule has 2 aromatic carbocycles. The Morgan fingerprint density at radius 2 is 1.74 bits per heavy atom. The van der Waals surface area contributed by atoms with Gasteiger partial charge < -0.3 is 20.4 Å². The summed E-state index contributed by atoms with van der Waals surface area (Å²) in [6.45, 7) is 1.83. The van der Waals surface area contributed by atoms with Gasteiger partial charge in [0, 0.05) is 44.9 Å². The molecule has 3 amide bonds. The number of hydrogen-bond donors (Lipinski definition) is 2. The molecule has 2 aliphatic heterocycles. The van der Waals surface area contributed by atoms with Crippen LogP contribution in [0.4, 0.5) is 17.1 Å². The quantitative estimate of drug-likeness (QED) is 0.654. The molecule has 4 rings (SSSR count). The molecular weight excluding hydrogens is 450 g/mol. The standard InChI is InChI=1S/C25H29N5O3S/c1-29(2)20-9-5-4-8-19(20)27-23(32)17-10-12-18(13-11-17)26-22(31)16-21-24(33)28-25(34-21)30-14-6-3-7-15-30/h4-5,8-13,21H,3,6-7,14-16H2,1-2H3,(H,26,31)(H,27,32). The molecule has 0 aromatic heterocycles. The monoisotopic (exact) mass is 479 g/mol. The first-order valence-electron chi connectivity index (χ1n) is 11.4. The van der Waals surface area contributed by atoms with Crippen LogP contribution >= 0.6 is 11.8 Å². The number of piperidine rings is 1. The fourth-order valence-electron chi connectivity index (χ4n) is 3.98. The van der Waals surface area contributed by atoms with Gasteiger partial charge in [0.2, 0.25) is 5.91 Å². The molecule has 0 saturated carbocycles. The normalized spacial score (nSPS) is 17.8. The molecule has 0 radical (unpaired) electrons. The number of hydrogen-bond acceptors (Lipinski definition) is 6. The smallest absolute Gasteiger partial charge is 0.262 e. The van der Waals surface area contributed by atoms with Gasteiger partial charge in [-0.15, -0.1) is 0 Å². The van der Waals surface area contributed by atoms with Crippen LogP contribution in [-0.2, 0) is 9.59 Å². The molecule has 178 valence electrons. The number of para-hydroxylation sites is 2. The van der Waals surface area contributed by atoms with E-state index in [9.17, 15) is 14.4 Å². The molecule has 0 aliphatic carbocycles. The molecule has 1 saturated heterocycles. The van der Waals surface area contributed by atoms with Gasteiger partial charge in [-0.2, -0.15) is 4.99 Å². The largest absolute Gasteiger partial charge is 0.376 e. The minimum absolute atomic E-state index is 0.0634. The summed E-state index contributed by atoms with van der Waals surface area (Å²) in [6, 6.07) is 14.3. The predicted molar refractivity (Wildman–Crippen MR) is 138 cm³/mol. The lowest BCUT2D eigenvalue weighted by Gasteiger charge is -2.27. The lowest BCUT2D eigenvalue weighted by molar-refractivity contribution is -0.121. The van der Waals surface area contributed by atoms with E-state index in [1.807, 2.05) is 43.3 Å². The Labute approximate surface area is 203 Å². The number of likely N-dealkylation sites (tertiary alicyclic amines) is 1. The average Bonchev–Trinajstić information content (AvgIpc) is 3.20. The molecule has 0 bridgehead atoms. The minimum atomic E-state index is -0.487. The van der Waals surface area contributed by atoms with Crippen LogP contribution in [0.1, 0.15) is 36.0 Å². The number of nitrogens with one attached hydrogen (secondary N) is 2. The zero-order chi connectivity index (χ0) is 24.1. The minimum Gasteiger partial charge on any atom is -0.376 e. The van der Waals surface area contributed by atoms with Gasteiger partial charge in [-0.3, -0.25) is 14.4 Å². The van der Waals surface area contributed by atoms with Crippen LogP contribution in [0.25, 0.3) is 0 Å². The van der Waals surface area contributed by atoms with E-state index in [-0.39, 0.29) is 24.1 Å². The van der Waals surface area contributed by atoms with Crippen molar-refractivity contribution in [1.29, 1.82) is 0 Å². The summed E-state index contributed by atoms with van der Waals surface area (Å²) in [5.41, 5.74) is 2.68.